The molecule has 0 aromatic heterocycles. The molecule has 2 aromatic rings. The Labute approximate surface area is 180 Å². The van der Waals surface area contributed by atoms with Gasteiger partial charge in [0.2, 0.25) is 5.91 Å². The van der Waals surface area contributed by atoms with Gasteiger partial charge in [0.05, 0.1) is 18.8 Å². The second kappa shape index (κ2) is 10.1. The van der Waals surface area contributed by atoms with Gasteiger partial charge in [-0.1, -0.05) is 50.6 Å². The summed E-state index contributed by atoms with van der Waals surface area (Å²) in [6.45, 7) is 10.7. The standard InChI is InChI=1S/C25H34N2O3/c1-5-17(2)16-30-23-11-10-22-14-27(15-25(29)24(22)12-23)13-20-6-8-21(9-7-20)18(3)26-19(4)28/h6-12,17-18,25,29H,5,13-16H2,1-4H3,(H,26,28)/t17?,18-,25?/m0/s1. The lowest BCUT2D eigenvalue weighted by Crippen LogP contribution is -2.33. The maximum absolute atomic E-state index is 11.2. The predicted molar refractivity (Wildman–Crippen MR) is 119 cm³/mol. The van der Waals surface area contributed by atoms with E-state index < -0.39 is 6.10 Å². The quantitative estimate of drug-likeness (QED) is 0.679. The van der Waals surface area contributed by atoms with E-state index in [4.69, 9.17) is 4.74 Å². The Morgan fingerprint density at radius 2 is 1.97 bits per heavy atom. The second-order valence-corrected chi connectivity index (χ2v) is 8.53. The average Bonchev–Trinajstić information content (AvgIpc) is 2.72. The summed E-state index contributed by atoms with van der Waals surface area (Å²) in [5, 5.41) is 13.6. The largest absolute Gasteiger partial charge is 0.493 e. The summed E-state index contributed by atoms with van der Waals surface area (Å²) >= 11 is 0. The number of fused-ring (bicyclic) bond motifs is 1. The molecule has 1 aliphatic heterocycles. The monoisotopic (exact) mass is 410 g/mol. The highest BCUT2D eigenvalue weighted by molar-refractivity contribution is 5.73. The molecule has 3 atom stereocenters. The van der Waals surface area contributed by atoms with Gasteiger partial charge in [0.15, 0.2) is 0 Å². The number of ether oxygens (including phenoxy) is 1. The van der Waals surface area contributed by atoms with E-state index in [9.17, 15) is 9.90 Å². The van der Waals surface area contributed by atoms with Crippen molar-refractivity contribution >= 4 is 5.91 Å². The van der Waals surface area contributed by atoms with Crippen molar-refractivity contribution in [2.24, 2.45) is 5.92 Å². The molecule has 0 saturated carbocycles. The van der Waals surface area contributed by atoms with E-state index in [0.717, 1.165) is 42.0 Å². The molecular weight excluding hydrogens is 376 g/mol. The number of β-amino-alcohol motifs (C(OH)–C–C–N with tert-alkyl or cyclic N) is 1. The highest BCUT2D eigenvalue weighted by atomic mass is 16.5. The molecule has 3 rings (SSSR count). The number of nitrogens with one attached hydrogen (secondary N) is 1. The lowest BCUT2D eigenvalue weighted by atomic mass is 9.96. The molecule has 5 nitrogen and oxygen atoms in total. The fourth-order valence-corrected chi connectivity index (χ4v) is 3.80. The van der Waals surface area contributed by atoms with Crippen LogP contribution < -0.4 is 10.1 Å². The summed E-state index contributed by atoms with van der Waals surface area (Å²) in [6, 6.07) is 14.4. The summed E-state index contributed by atoms with van der Waals surface area (Å²) in [5.41, 5.74) is 4.41. The van der Waals surface area contributed by atoms with Crippen LogP contribution in [0.4, 0.5) is 0 Å². The highest BCUT2D eigenvalue weighted by Gasteiger charge is 2.24. The number of nitrogens with zero attached hydrogens (tertiary/aromatic N) is 1. The third-order valence-electron chi connectivity index (χ3n) is 5.84. The van der Waals surface area contributed by atoms with Crippen molar-refractivity contribution in [3.63, 3.8) is 0 Å². The van der Waals surface area contributed by atoms with Crippen LogP contribution in [0.15, 0.2) is 42.5 Å². The third-order valence-corrected chi connectivity index (χ3v) is 5.84. The normalized spacial score (nSPS) is 18.4. The number of aliphatic hydroxyl groups is 1. The number of carbonyl (C=O) groups is 1. The summed E-state index contributed by atoms with van der Waals surface area (Å²) in [5.74, 6) is 1.33. The van der Waals surface area contributed by atoms with Crippen LogP contribution in [0.25, 0.3) is 0 Å². The molecule has 0 radical (unpaired) electrons. The van der Waals surface area contributed by atoms with Gasteiger partial charge in [0, 0.05) is 26.6 Å². The average molecular weight is 411 g/mol. The Hall–Kier alpha value is -2.37. The van der Waals surface area contributed by atoms with Gasteiger partial charge in [-0.25, -0.2) is 0 Å². The van der Waals surface area contributed by atoms with Gasteiger partial charge in [0.25, 0.3) is 0 Å². The molecule has 2 aromatic carbocycles. The van der Waals surface area contributed by atoms with E-state index in [-0.39, 0.29) is 11.9 Å². The molecule has 1 heterocycles. The van der Waals surface area contributed by atoms with Crippen molar-refractivity contribution in [3.8, 4) is 5.75 Å². The van der Waals surface area contributed by atoms with Crippen LogP contribution in [-0.4, -0.2) is 29.1 Å². The zero-order valence-electron chi connectivity index (χ0n) is 18.5. The SMILES string of the molecule is CCC(C)COc1ccc2c(c1)C(O)CN(Cc1ccc([C@H](C)NC(C)=O)cc1)C2. The van der Waals surface area contributed by atoms with Crippen molar-refractivity contribution in [3.05, 3.63) is 64.7 Å². The minimum Gasteiger partial charge on any atom is -0.493 e. The van der Waals surface area contributed by atoms with Crippen molar-refractivity contribution in [1.29, 1.82) is 0 Å². The van der Waals surface area contributed by atoms with Crippen LogP contribution in [0.2, 0.25) is 0 Å². The van der Waals surface area contributed by atoms with E-state index in [1.165, 1.54) is 12.5 Å². The lowest BCUT2D eigenvalue weighted by molar-refractivity contribution is -0.119. The van der Waals surface area contributed by atoms with Crippen molar-refractivity contribution in [2.75, 3.05) is 13.2 Å². The summed E-state index contributed by atoms with van der Waals surface area (Å²) in [7, 11) is 0. The summed E-state index contributed by atoms with van der Waals surface area (Å²) in [4.78, 5) is 13.5. The zero-order valence-corrected chi connectivity index (χ0v) is 18.5. The molecule has 2 unspecified atom stereocenters. The minimum atomic E-state index is -0.514. The fourth-order valence-electron chi connectivity index (χ4n) is 3.80. The van der Waals surface area contributed by atoms with Crippen molar-refractivity contribution in [2.45, 2.75) is 59.4 Å². The molecule has 0 fully saturated rings. The van der Waals surface area contributed by atoms with E-state index in [0.29, 0.717) is 19.1 Å². The Kier molecular flexibility index (Phi) is 7.51. The minimum absolute atomic E-state index is 0.00281. The Morgan fingerprint density at radius 1 is 1.23 bits per heavy atom. The van der Waals surface area contributed by atoms with Crippen LogP contribution in [-0.2, 0) is 17.9 Å². The van der Waals surface area contributed by atoms with E-state index in [1.807, 2.05) is 19.1 Å². The molecule has 0 saturated heterocycles. The van der Waals surface area contributed by atoms with Crippen LogP contribution in [0.5, 0.6) is 5.75 Å². The van der Waals surface area contributed by atoms with Crippen LogP contribution in [0.3, 0.4) is 0 Å². The summed E-state index contributed by atoms with van der Waals surface area (Å²) in [6.07, 6.45) is 0.579. The number of carbonyl (C=O) groups excluding carboxylic acids is 1. The first-order valence-corrected chi connectivity index (χ1v) is 10.9. The molecule has 0 aliphatic carbocycles. The second-order valence-electron chi connectivity index (χ2n) is 8.53. The highest BCUT2D eigenvalue weighted by Crippen LogP contribution is 2.31. The summed E-state index contributed by atoms with van der Waals surface area (Å²) < 4.78 is 5.90. The zero-order chi connectivity index (χ0) is 21.7. The predicted octanol–water partition coefficient (Wildman–Crippen LogP) is 4.36. The molecular formula is C25H34N2O3. The lowest BCUT2D eigenvalue weighted by Gasteiger charge is -2.32. The molecule has 0 spiro atoms. The Bertz CT molecular complexity index is 850. The van der Waals surface area contributed by atoms with Gasteiger partial charge in [0.1, 0.15) is 5.75 Å². The van der Waals surface area contributed by atoms with Gasteiger partial charge in [-0.3, -0.25) is 9.69 Å². The first-order valence-electron chi connectivity index (χ1n) is 10.9. The molecule has 1 amide bonds. The maximum Gasteiger partial charge on any atom is 0.217 e. The number of hydrogen-bond donors (Lipinski definition) is 2. The molecule has 162 valence electrons. The number of hydrogen-bond acceptors (Lipinski definition) is 4. The van der Waals surface area contributed by atoms with Crippen LogP contribution in [0, 0.1) is 5.92 Å². The Balaban J connectivity index is 1.62. The number of rotatable bonds is 8. The maximum atomic E-state index is 11.2. The van der Waals surface area contributed by atoms with E-state index in [1.54, 1.807) is 0 Å². The smallest absolute Gasteiger partial charge is 0.217 e. The van der Waals surface area contributed by atoms with Gasteiger partial charge >= 0.3 is 0 Å². The van der Waals surface area contributed by atoms with E-state index in [2.05, 4.69) is 54.4 Å². The Morgan fingerprint density at radius 3 is 2.63 bits per heavy atom. The first kappa shape index (κ1) is 22.3. The molecule has 2 N–H and O–H groups in total. The van der Waals surface area contributed by atoms with Gasteiger partial charge < -0.3 is 15.2 Å². The van der Waals surface area contributed by atoms with E-state index >= 15 is 0 Å². The number of amides is 1. The first-order chi connectivity index (χ1) is 14.4. The fraction of sp³-hybridized carbons (Fsp3) is 0.480. The van der Waals surface area contributed by atoms with Crippen LogP contribution >= 0.6 is 0 Å². The molecule has 30 heavy (non-hydrogen) atoms. The van der Waals surface area contributed by atoms with Crippen molar-refractivity contribution in [1.82, 2.24) is 10.2 Å². The van der Waals surface area contributed by atoms with Crippen LogP contribution in [0.1, 0.15) is 68.5 Å². The topological polar surface area (TPSA) is 61.8 Å². The van der Waals surface area contributed by atoms with Crippen molar-refractivity contribution < 1.29 is 14.6 Å². The molecule has 5 heteroatoms. The number of benzene rings is 2. The van der Waals surface area contributed by atoms with Gasteiger partial charge in [-0.2, -0.15) is 0 Å². The molecule has 1 aliphatic rings. The molecule has 0 bridgehead atoms. The van der Waals surface area contributed by atoms with Gasteiger partial charge in [-0.15, -0.1) is 0 Å². The number of aliphatic hydroxyl groups excluding tert-OH is 1. The van der Waals surface area contributed by atoms with Gasteiger partial charge in [-0.05, 0) is 47.2 Å². The third kappa shape index (κ3) is 5.83.